The summed E-state index contributed by atoms with van der Waals surface area (Å²) in [6.07, 6.45) is 3.15. The molecule has 1 saturated heterocycles. The first-order valence-electron chi connectivity index (χ1n) is 6.26. The fraction of sp³-hybridized carbons (Fsp3) is 0.429. The van der Waals surface area contributed by atoms with Crippen LogP contribution in [0.2, 0.25) is 0 Å². The van der Waals surface area contributed by atoms with Crippen molar-refractivity contribution in [3.05, 3.63) is 23.8 Å². The van der Waals surface area contributed by atoms with Crippen LogP contribution in [0.1, 0.15) is 24.8 Å². The number of hydrogen-bond donors (Lipinski definition) is 1. The molecule has 4 nitrogen and oxygen atoms in total. The Kier molecular flexibility index (Phi) is 4.69. The second kappa shape index (κ2) is 6.48. The summed E-state index contributed by atoms with van der Waals surface area (Å²) in [4.78, 5) is 12.2. The number of methoxy groups -OCH3 is 1. The van der Waals surface area contributed by atoms with E-state index < -0.39 is 0 Å². The molecule has 5 heteroatoms. The molecule has 0 aliphatic carbocycles. The molecule has 2 rings (SSSR count). The van der Waals surface area contributed by atoms with Gasteiger partial charge in [-0.3, -0.25) is 4.79 Å². The lowest BCUT2D eigenvalue weighted by atomic mass is 10.1. The largest absolute Gasteiger partial charge is 0.495 e. The third-order valence-electron chi connectivity index (χ3n) is 3.09. The van der Waals surface area contributed by atoms with Crippen LogP contribution in [0.5, 0.6) is 5.75 Å². The summed E-state index contributed by atoms with van der Waals surface area (Å²) in [7, 11) is 1.53. The van der Waals surface area contributed by atoms with E-state index in [1.54, 1.807) is 30.0 Å². The maximum Gasteiger partial charge on any atom is 0.237 e. The Labute approximate surface area is 117 Å². The number of hydrogen-bond acceptors (Lipinski definition) is 4. The lowest BCUT2D eigenvalue weighted by molar-refractivity contribution is -0.115. The highest BCUT2D eigenvalue weighted by atomic mass is 32.2. The number of nitriles is 1. The second-order valence-corrected chi connectivity index (χ2v) is 5.65. The number of benzene rings is 1. The minimum atomic E-state index is -0.0364. The molecule has 19 heavy (non-hydrogen) atoms. The summed E-state index contributed by atoms with van der Waals surface area (Å²) in [6, 6.07) is 7.23. The monoisotopic (exact) mass is 276 g/mol. The molecular weight excluding hydrogens is 260 g/mol. The summed E-state index contributed by atoms with van der Waals surface area (Å²) >= 11 is 1.68. The van der Waals surface area contributed by atoms with E-state index in [1.807, 2.05) is 0 Å². The number of nitrogens with one attached hydrogen (secondary N) is 1. The van der Waals surface area contributed by atoms with Crippen LogP contribution in [0.4, 0.5) is 5.69 Å². The maximum atomic E-state index is 12.2. The van der Waals surface area contributed by atoms with Gasteiger partial charge in [-0.15, -0.1) is 11.8 Å². The van der Waals surface area contributed by atoms with E-state index >= 15 is 0 Å². The zero-order chi connectivity index (χ0) is 13.7. The van der Waals surface area contributed by atoms with Gasteiger partial charge in [0, 0.05) is 0 Å². The average Bonchev–Trinajstić information content (AvgIpc) is 2.48. The lowest BCUT2D eigenvalue weighted by Gasteiger charge is -2.21. The van der Waals surface area contributed by atoms with E-state index in [0.29, 0.717) is 17.0 Å². The van der Waals surface area contributed by atoms with Crippen LogP contribution < -0.4 is 10.1 Å². The van der Waals surface area contributed by atoms with Gasteiger partial charge in [-0.1, -0.05) is 12.5 Å². The minimum Gasteiger partial charge on any atom is -0.495 e. The summed E-state index contributed by atoms with van der Waals surface area (Å²) in [5.74, 6) is 1.51. The molecule has 1 aromatic carbocycles. The van der Waals surface area contributed by atoms with Crippen molar-refractivity contribution >= 4 is 23.4 Å². The van der Waals surface area contributed by atoms with Gasteiger partial charge in [0.2, 0.25) is 5.91 Å². The standard InChI is InChI=1S/C14H16N2O2S/c1-18-11-6-4-5-10(9-15)13(11)16-14(17)12-7-2-3-8-19-12/h4-6,12H,2-3,7-8H2,1H3,(H,16,17). The van der Waals surface area contributed by atoms with E-state index in [4.69, 9.17) is 10.00 Å². The third kappa shape index (κ3) is 3.21. The number of anilines is 1. The number of ether oxygens (including phenoxy) is 1. The van der Waals surface area contributed by atoms with Gasteiger partial charge in [0.25, 0.3) is 0 Å². The van der Waals surface area contributed by atoms with Crippen LogP contribution in [-0.4, -0.2) is 24.0 Å². The van der Waals surface area contributed by atoms with Crippen molar-refractivity contribution in [3.8, 4) is 11.8 Å². The van der Waals surface area contributed by atoms with E-state index in [-0.39, 0.29) is 11.2 Å². The number of thioether (sulfide) groups is 1. The van der Waals surface area contributed by atoms with Crippen LogP contribution in [-0.2, 0) is 4.79 Å². The number of para-hydroxylation sites is 1. The summed E-state index contributed by atoms with van der Waals surface area (Å²) in [6.45, 7) is 0. The number of rotatable bonds is 3. The van der Waals surface area contributed by atoms with Gasteiger partial charge in [-0.05, 0) is 30.7 Å². The normalized spacial score (nSPS) is 18.4. The Hall–Kier alpha value is -1.67. The van der Waals surface area contributed by atoms with E-state index in [1.165, 1.54) is 13.5 Å². The molecule has 1 N–H and O–H groups in total. The highest BCUT2D eigenvalue weighted by Gasteiger charge is 2.23. The van der Waals surface area contributed by atoms with Crippen molar-refractivity contribution in [3.63, 3.8) is 0 Å². The average molecular weight is 276 g/mol. The Morgan fingerprint density at radius 3 is 3.00 bits per heavy atom. The van der Waals surface area contributed by atoms with E-state index in [0.717, 1.165) is 18.6 Å². The first-order valence-corrected chi connectivity index (χ1v) is 7.30. The van der Waals surface area contributed by atoms with Gasteiger partial charge < -0.3 is 10.1 Å². The van der Waals surface area contributed by atoms with Gasteiger partial charge in [-0.25, -0.2) is 0 Å². The summed E-state index contributed by atoms with van der Waals surface area (Å²) in [5, 5.41) is 11.9. The number of carbonyl (C=O) groups is 1. The zero-order valence-corrected chi connectivity index (χ0v) is 11.6. The zero-order valence-electron chi connectivity index (χ0n) is 10.8. The first kappa shape index (κ1) is 13.8. The van der Waals surface area contributed by atoms with Crippen molar-refractivity contribution < 1.29 is 9.53 Å². The molecule has 0 spiro atoms. The number of amides is 1. The summed E-state index contributed by atoms with van der Waals surface area (Å²) < 4.78 is 5.20. The molecule has 0 bridgehead atoms. The first-order chi connectivity index (χ1) is 9.26. The van der Waals surface area contributed by atoms with Crippen molar-refractivity contribution in [2.75, 3.05) is 18.2 Å². The van der Waals surface area contributed by atoms with Crippen LogP contribution in [0, 0.1) is 11.3 Å². The molecule has 0 saturated carbocycles. The number of nitrogens with zero attached hydrogens (tertiary/aromatic N) is 1. The van der Waals surface area contributed by atoms with Gasteiger partial charge in [-0.2, -0.15) is 5.26 Å². The van der Waals surface area contributed by atoms with E-state index in [9.17, 15) is 4.79 Å². The van der Waals surface area contributed by atoms with E-state index in [2.05, 4.69) is 11.4 Å². The fourth-order valence-corrected chi connectivity index (χ4v) is 3.27. The maximum absolute atomic E-state index is 12.2. The predicted molar refractivity (Wildman–Crippen MR) is 76.4 cm³/mol. The number of carbonyl (C=O) groups excluding carboxylic acids is 1. The quantitative estimate of drug-likeness (QED) is 0.922. The highest BCUT2D eigenvalue weighted by molar-refractivity contribution is 8.00. The minimum absolute atomic E-state index is 0.0230. The molecule has 0 aromatic heterocycles. The molecule has 1 amide bonds. The molecule has 1 aliphatic rings. The Bertz CT molecular complexity index is 505. The van der Waals surface area contributed by atoms with Crippen molar-refractivity contribution in [1.29, 1.82) is 5.26 Å². The fourth-order valence-electron chi connectivity index (χ4n) is 2.07. The highest BCUT2D eigenvalue weighted by Crippen LogP contribution is 2.31. The molecule has 1 heterocycles. The molecule has 1 unspecified atom stereocenters. The second-order valence-electron chi connectivity index (χ2n) is 4.34. The third-order valence-corrected chi connectivity index (χ3v) is 4.46. The van der Waals surface area contributed by atoms with Crippen LogP contribution >= 0.6 is 11.8 Å². The Morgan fingerprint density at radius 2 is 2.37 bits per heavy atom. The molecule has 1 aromatic rings. The van der Waals surface area contributed by atoms with Crippen LogP contribution in [0.25, 0.3) is 0 Å². The van der Waals surface area contributed by atoms with Gasteiger partial charge in [0.05, 0.1) is 17.9 Å². The lowest BCUT2D eigenvalue weighted by Crippen LogP contribution is -2.28. The van der Waals surface area contributed by atoms with Crippen LogP contribution in [0.15, 0.2) is 18.2 Å². The van der Waals surface area contributed by atoms with Gasteiger partial charge in [0.15, 0.2) is 0 Å². The molecular formula is C14H16N2O2S. The predicted octanol–water partition coefficient (Wildman–Crippen LogP) is 2.79. The van der Waals surface area contributed by atoms with Crippen molar-refractivity contribution in [1.82, 2.24) is 0 Å². The van der Waals surface area contributed by atoms with Crippen LogP contribution in [0.3, 0.4) is 0 Å². The molecule has 100 valence electrons. The van der Waals surface area contributed by atoms with Gasteiger partial charge in [0.1, 0.15) is 17.5 Å². The topological polar surface area (TPSA) is 62.1 Å². The molecule has 1 fully saturated rings. The van der Waals surface area contributed by atoms with Crippen molar-refractivity contribution in [2.45, 2.75) is 24.5 Å². The Balaban J connectivity index is 2.18. The van der Waals surface area contributed by atoms with Crippen molar-refractivity contribution in [2.24, 2.45) is 0 Å². The SMILES string of the molecule is COc1cccc(C#N)c1NC(=O)C1CCCCS1. The summed E-state index contributed by atoms with van der Waals surface area (Å²) in [5.41, 5.74) is 0.900. The van der Waals surface area contributed by atoms with Gasteiger partial charge >= 0.3 is 0 Å². The Morgan fingerprint density at radius 1 is 1.53 bits per heavy atom. The molecule has 1 aliphatic heterocycles. The molecule has 1 atom stereocenters. The smallest absolute Gasteiger partial charge is 0.237 e. The molecule has 0 radical (unpaired) electrons.